The van der Waals surface area contributed by atoms with E-state index in [1.807, 2.05) is 0 Å². The molecule has 0 bridgehead atoms. The van der Waals surface area contributed by atoms with Gasteiger partial charge in [-0.1, -0.05) is 0 Å². The molecule has 0 saturated carbocycles. The molecule has 1 aliphatic heterocycles. The SMILES string of the molecule is O=C(NCCC(O)c1ccco1)C(=O)Nc1ccc2c(c1)OCCO2. The number of hydrogen-bond acceptors (Lipinski definition) is 6. The van der Waals surface area contributed by atoms with Crippen molar-refractivity contribution in [3.05, 3.63) is 42.4 Å². The van der Waals surface area contributed by atoms with Crippen molar-refractivity contribution in [1.82, 2.24) is 5.32 Å². The number of anilines is 1. The molecule has 1 aliphatic rings. The van der Waals surface area contributed by atoms with Gasteiger partial charge in [-0.25, -0.2) is 0 Å². The Morgan fingerprint density at radius 3 is 2.68 bits per heavy atom. The van der Waals surface area contributed by atoms with Crippen LogP contribution in [0.3, 0.4) is 0 Å². The van der Waals surface area contributed by atoms with Crippen molar-refractivity contribution < 1.29 is 28.6 Å². The summed E-state index contributed by atoms with van der Waals surface area (Å²) >= 11 is 0. The van der Waals surface area contributed by atoms with Crippen LogP contribution in [0.25, 0.3) is 0 Å². The van der Waals surface area contributed by atoms with E-state index < -0.39 is 17.9 Å². The van der Waals surface area contributed by atoms with E-state index in [2.05, 4.69) is 10.6 Å². The minimum Gasteiger partial charge on any atom is -0.486 e. The van der Waals surface area contributed by atoms with Gasteiger partial charge in [-0.05, 0) is 30.7 Å². The van der Waals surface area contributed by atoms with E-state index >= 15 is 0 Å². The molecule has 132 valence electrons. The molecule has 2 heterocycles. The number of amides is 2. The van der Waals surface area contributed by atoms with Crippen molar-refractivity contribution in [1.29, 1.82) is 0 Å². The first-order valence-corrected chi connectivity index (χ1v) is 7.84. The van der Waals surface area contributed by atoms with Gasteiger partial charge in [0.1, 0.15) is 25.1 Å². The van der Waals surface area contributed by atoms with E-state index in [4.69, 9.17) is 13.9 Å². The number of aliphatic hydroxyl groups excluding tert-OH is 1. The van der Waals surface area contributed by atoms with Crippen LogP contribution in [0.2, 0.25) is 0 Å². The van der Waals surface area contributed by atoms with Gasteiger partial charge < -0.3 is 29.6 Å². The van der Waals surface area contributed by atoms with Crippen molar-refractivity contribution in [3.8, 4) is 11.5 Å². The molecule has 1 aromatic heterocycles. The maximum absolute atomic E-state index is 11.9. The van der Waals surface area contributed by atoms with E-state index in [-0.39, 0.29) is 13.0 Å². The predicted octanol–water partition coefficient (Wildman–Crippen LogP) is 1.23. The summed E-state index contributed by atoms with van der Waals surface area (Å²) in [5.41, 5.74) is 0.431. The highest BCUT2D eigenvalue weighted by Gasteiger charge is 2.17. The summed E-state index contributed by atoms with van der Waals surface area (Å²) in [6.45, 7) is 1.04. The number of ether oxygens (including phenoxy) is 2. The van der Waals surface area contributed by atoms with Gasteiger partial charge in [-0.15, -0.1) is 0 Å². The quantitative estimate of drug-likeness (QED) is 0.703. The zero-order valence-corrected chi connectivity index (χ0v) is 13.4. The van der Waals surface area contributed by atoms with Crippen molar-refractivity contribution in [2.75, 3.05) is 25.1 Å². The smallest absolute Gasteiger partial charge is 0.313 e. The molecular weight excluding hydrogens is 328 g/mol. The fourth-order valence-electron chi connectivity index (χ4n) is 2.33. The average Bonchev–Trinajstić information content (AvgIpc) is 3.16. The van der Waals surface area contributed by atoms with Crippen LogP contribution in [0.1, 0.15) is 18.3 Å². The summed E-state index contributed by atoms with van der Waals surface area (Å²) in [5.74, 6) is -0.0627. The van der Waals surface area contributed by atoms with Crippen LogP contribution in [0, 0.1) is 0 Å². The number of carbonyl (C=O) groups is 2. The van der Waals surface area contributed by atoms with Crippen molar-refractivity contribution in [2.45, 2.75) is 12.5 Å². The lowest BCUT2D eigenvalue weighted by molar-refractivity contribution is -0.136. The van der Waals surface area contributed by atoms with E-state index in [9.17, 15) is 14.7 Å². The third-order valence-corrected chi connectivity index (χ3v) is 3.58. The minimum atomic E-state index is -0.837. The zero-order chi connectivity index (χ0) is 17.6. The first-order valence-electron chi connectivity index (χ1n) is 7.84. The third-order valence-electron chi connectivity index (χ3n) is 3.58. The molecular formula is C17H18N2O6. The molecule has 25 heavy (non-hydrogen) atoms. The van der Waals surface area contributed by atoms with E-state index in [1.165, 1.54) is 6.26 Å². The second-order valence-corrected chi connectivity index (χ2v) is 5.39. The summed E-state index contributed by atoms with van der Waals surface area (Å²) in [7, 11) is 0. The van der Waals surface area contributed by atoms with Gasteiger partial charge in [-0.3, -0.25) is 9.59 Å². The molecule has 3 rings (SSSR count). The fraction of sp³-hybridized carbons (Fsp3) is 0.294. The average molecular weight is 346 g/mol. The Morgan fingerprint density at radius 1 is 1.12 bits per heavy atom. The molecule has 8 nitrogen and oxygen atoms in total. The summed E-state index contributed by atoms with van der Waals surface area (Å²) < 4.78 is 15.9. The molecule has 0 saturated heterocycles. The highest BCUT2D eigenvalue weighted by Crippen LogP contribution is 2.32. The van der Waals surface area contributed by atoms with E-state index in [1.54, 1.807) is 30.3 Å². The largest absolute Gasteiger partial charge is 0.486 e. The second kappa shape index (κ2) is 7.71. The number of aliphatic hydroxyl groups is 1. The molecule has 1 atom stereocenters. The summed E-state index contributed by atoms with van der Waals surface area (Å²) in [6.07, 6.45) is 0.852. The lowest BCUT2D eigenvalue weighted by Gasteiger charge is -2.18. The molecule has 0 radical (unpaired) electrons. The van der Waals surface area contributed by atoms with Gasteiger partial charge >= 0.3 is 11.8 Å². The number of nitrogens with one attached hydrogen (secondary N) is 2. The van der Waals surface area contributed by atoms with Gasteiger partial charge in [-0.2, -0.15) is 0 Å². The molecule has 3 N–H and O–H groups in total. The van der Waals surface area contributed by atoms with Gasteiger partial charge in [0, 0.05) is 18.3 Å². The van der Waals surface area contributed by atoms with Gasteiger partial charge in [0.15, 0.2) is 11.5 Å². The maximum Gasteiger partial charge on any atom is 0.313 e. The first kappa shape index (κ1) is 16.8. The van der Waals surface area contributed by atoms with Crippen LogP contribution in [-0.2, 0) is 9.59 Å². The molecule has 2 aromatic rings. The Labute approximate surface area is 143 Å². The van der Waals surface area contributed by atoms with Crippen LogP contribution < -0.4 is 20.1 Å². The van der Waals surface area contributed by atoms with Crippen molar-refractivity contribution in [3.63, 3.8) is 0 Å². The standard InChI is InChI=1S/C17H18N2O6/c20-12(13-2-1-7-23-13)5-6-18-16(21)17(22)19-11-3-4-14-15(10-11)25-9-8-24-14/h1-4,7,10,12,20H,5-6,8-9H2,(H,18,21)(H,19,22). The Hall–Kier alpha value is -3.00. The lowest BCUT2D eigenvalue weighted by Crippen LogP contribution is -2.36. The number of fused-ring (bicyclic) bond motifs is 1. The number of benzene rings is 1. The zero-order valence-electron chi connectivity index (χ0n) is 13.4. The maximum atomic E-state index is 11.9. The Kier molecular flexibility index (Phi) is 5.20. The van der Waals surface area contributed by atoms with Crippen molar-refractivity contribution in [2.24, 2.45) is 0 Å². The number of hydrogen-bond donors (Lipinski definition) is 3. The van der Waals surface area contributed by atoms with Crippen molar-refractivity contribution >= 4 is 17.5 Å². The van der Waals surface area contributed by atoms with Crippen LogP contribution in [-0.4, -0.2) is 36.7 Å². The van der Waals surface area contributed by atoms with Crippen LogP contribution in [0.5, 0.6) is 11.5 Å². The molecule has 2 amide bonds. The third kappa shape index (κ3) is 4.30. The number of rotatable bonds is 5. The molecule has 0 aliphatic carbocycles. The Bertz CT molecular complexity index is 744. The fourth-order valence-corrected chi connectivity index (χ4v) is 2.33. The first-order chi connectivity index (χ1) is 12.1. The summed E-state index contributed by atoms with van der Waals surface area (Å²) in [5, 5.41) is 14.8. The van der Waals surface area contributed by atoms with Crippen LogP contribution in [0.15, 0.2) is 41.0 Å². The molecule has 1 unspecified atom stereocenters. The van der Waals surface area contributed by atoms with E-state index in [0.29, 0.717) is 36.2 Å². The highest BCUT2D eigenvalue weighted by atomic mass is 16.6. The topological polar surface area (TPSA) is 110 Å². The number of furan rings is 1. The monoisotopic (exact) mass is 346 g/mol. The molecule has 1 aromatic carbocycles. The normalized spacial score (nSPS) is 13.8. The molecule has 0 spiro atoms. The van der Waals surface area contributed by atoms with E-state index in [0.717, 1.165) is 0 Å². The highest BCUT2D eigenvalue weighted by molar-refractivity contribution is 6.39. The number of carbonyl (C=O) groups excluding carboxylic acids is 2. The van der Waals surface area contributed by atoms with Gasteiger partial charge in [0.05, 0.1) is 6.26 Å². The minimum absolute atomic E-state index is 0.134. The van der Waals surface area contributed by atoms with Gasteiger partial charge in [0.2, 0.25) is 0 Å². The Balaban J connectivity index is 1.47. The second-order valence-electron chi connectivity index (χ2n) is 5.39. The van der Waals surface area contributed by atoms with Crippen LogP contribution >= 0.6 is 0 Å². The predicted molar refractivity (Wildman–Crippen MR) is 87.4 cm³/mol. The Morgan fingerprint density at radius 2 is 1.92 bits per heavy atom. The van der Waals surface area contributed by atoms with Crippen LogP contribution in [0.4, 0.5) is 5.69 Å². The summed E-state index contributed by atoms with van der Waals surface area (Å²) in [6, 6.07) is 8.19. The van der Waals surface area contributed by atoms with Gasteiger partial charge in [0.25, 0.3) is 0 Å². The summed E-state index contributed by atoms with van der Waals surface area (Å²) in [4.78, 5) is 23.7. The molecule has 0 fully saturated rings. The lowest BCUT2D eigenvalue weighted by atomic mass is 10.2. The molecule has 8 heteroatoms.